The Kier molecular flexibility index (Phi) is 8.55. The number of hydrogen-bond acceptors (Lipinski definition) is 4. The third kappa shape index (κ3) is 5.78. The summed E-state index contributed by atoms with van der Waals surface area (Å²) in [6.45, 7) is 8.16. The number of allylic oxidation sites excluding steroid dienone is 3. The van der Waals surface area contributed by atoms with Crippen LogP contribution >= 0.6 is 0 Å². The number of ether oxygens (including phenoxy) is 1. The predicted octanol–water partition coefficient (Wildman–Crippen LogP) is 6.24. The van der Waals surface area contributed by atoms with Crippen molar-refractivity contribution in [3.05, 3.63) is 100 Å². The van der Waals surface area contributed by atoms with Crippen molar-refractivity contribution in [3.63, 3.8) is 0 Å². The molecule has 40 heavy (non-hydrogen) atoms. The van der Waals surface area contributed by atoms with Crippen LogP contribution in [0.2, 0.25) is 0 Å². The maximum absolute atomic E-state index is 14.0. The molecule has 6 nitrogen and oxygen atoms in total. The summed E-state index contributed by atoms with van der Waals surface area (Å²) in [5.41, 5.74) is 6.39. The summed E-state index contributed by atoms with van der Waals surface area (Å²) >= 11 is 0. The average Bonchev–Trinajstić information content (AvgIpc) is 3.58. The maximum Gasteiger partial charge on any atom is 0.309 e. The Labute approximate surface area is 237 Å². The van der Waals surface area contributed by atoms with E-state index in [-0.39, 0.29) is 18.4 Å². The molecule has 1 N–H and O–H groups in total. The number of carboxylic acid groups (broad SMARTS) is 1. The van der Waals surface area contributed by atoms with Crippen molar-refractivity contribution in [2.45, 2.75) is 52.5 Å². The van der Waals surface area contributed by atoms with Gasteiger partial charge >= 0.3 is 5.97 Å². The van der Waals surface area contributed by atoms with E-state index in [0.29, 0.717) is 26.1 Å². The number of amides is 1. The second-order valence-electron chi connectivity index (χ2n) is 11.2. The highest BCUT2D eigenvalue weighted by Crippen LogP contribution is 2.47. The topological polar surface area (TPSA) is 70.1 Å². The molecule has 1 fully saturated rings. The Bertz CT molecular complexity index is 1340. The van der Waals surface area contributed by atoms with Gasteiger partial charge in [-0.3, -0.25) is 14.5 Å². The number of aliphatic carboxylic acids is 1. The number of aryl methyl sites for hydroxylation is 2. The van der Waals surface area contributed by atoms with E-state index in [1.807, 2.05) is 42.2 Å². The van der Waals surface area contributed by atoms with Gasteiger partial charge in [0, 0.05) is 30.7 Å². The van der Waals surface area contributed by atoms with E-state index in [4.69, 9.17) is 4.74 Å². The normalized spacial score (nSPS) is 22.2. The Hall–Kier alpha value is -3.64. The molecule has 3 aliphatic rings. The fraction of sp³-hybridized carbons (Fsp3) is 0.412. The van der Waals surface area contributed by atoms with Crippen LogP contribution in [0.1, 0.15) is 55.8 Å². The van der Waals surface area contributed by atoms with Crippen LogP contribution in [0.4, 0.5) is 5.69 Å². The molecule has 0 saturated carbocycles. The summed E-state index contributed by atoms with van der Waals surface area (Å²) in [6, 6.07) is 15.9. The van der Waals surface area contributed by atoms with Gasteiger partial charge < -0.3 is 14.7 Å². The molecule has 1 amide bonds. The molecule has 0 spiro atoms. The van der Waals surface area contributed by atoms with Crippen molar-refractivity contribution in [1.29, 1.82) is 0 Å². The molecular formula is C34H40N2O4. The molecular weight excluding hydrogens is 500 g/mol. The molecule has 6 heteroatoms. The average molecular weight is 541 g/mol. The molecule has 2 heterocycles. The lowest BCUT2D eigenvalue weighted by Crippen LogP contribution is -2.41. The minimum absolute atomic E-state index is 0.00530. The van der Waals surface area contributed by atoms with Gasteiger partial charge in [-0.1, -0.05) is 68.3 Å². The van der Waals surface area contributed by atoms with E-state index in [2.05, 4.69) is 55.2 Å². The first-order chi connectivity index (χ1) is 19.4. The fourth-order valence-electron chi connectivity index (χ4n) is 6.34. The van der Waals surface area contributed by atoms with Crippen molar-refractivity contribution in [3.8, 4) is 0 Å². The zero-order valence-electron chi connectivity index (χ0n) is 23.8. The van der Waals surface area contributed by atoms with Crippen LogP contribution < -0.4 is 4.90 Å². The number of carboxylic acids is 1. The molecule has 0 radical (unpaired) electrons. The first kappa shape index (κ1) is 27.9. The van der Waals surface area contributed by atoms with Gasteiger partial charge in [-0.2, -0.15) is 0 Å². The van der Waals surface area contributed by atoms with Crippen LogP contribution in [0.15, 0.2) is 83.7 Å². The Morgan fingerprint density at radius 1 is 1.10 bits per heavy atom. The lowest BCUT2D eigenvalue weighted by Gasteiger charge is -2.30. The SMILES string of the molecule is CCCCN(C(=O)CN1C[C@H](C2=CC=C3OCC=C3C2)[C@H](C(=O)O)[C@H]1c1ccc(CC)cc1)c1cccc(C)c1. The van der Waals surface area contributed by atoms with Crippen molar-refractivity contribution >= 4 is 17.6 Å². The largest absolute Gasteiger partial charge is 0.489 e. The molecule has 210 valence electrons. The molecule has 0 bridgehead atoms. The number of anilines is 1. The van der Waals surface area contributed by atoms with E-state index < -0.39 is 17.9 Å². The molecule has 3 atom stereocenters. The molecule has 2 aliphatic heterocycles. The number of carbonyl (C=O) groups is 2. The Morgan fingerprint density at radius 2 is 1.90 bits per heavy atom. The molecule has 5 rings (SSSR count). The van der Waals surface area contributed by atoms with Gasteiger partial charge in [-0.15, -0.1) is 0 Å². The summed E-state index contributed by atoms with van der Waals surface area (Å²) in [5.74, 6) is -0.794. The van der Waals surface area contributed by atoms with Gasteiger partial charge in [-0.25, -0.2) is 0 Å². The van der Waals surface area contributed by atoms with Crippen LogP contribution in [-0.4, -0.2) is 48.1 Å². The number of benzene rings is 2. The van der Waals surface area contributed by atoms with Crippen LogP contribution in [0, 0.1) is 18.8 Å². The van der Waals surface area contributed by atoms with Gasteiger partial charge in [0.15, 0.2) is 0 Å². The van der Waals surface area contributed by atoms with Crippen molar-refractivity contribution in [2.24, 2.45) is 11.8 Å². The van der Waals surface area contributed by atoms with Gasteiger partial charge in [0.1, 0.15) is 12.4 Å². The minimum Gasteiger partial charge on any atom is -0.489 e. The Morgan fingerprint density at radius 3 is 2.60 bits per heavy atom. The van der Waals surface area contributed by atoms with Crippen LogP contribution in [0.25, 0.3) is 0 Å². The molecule has 2 aromatic rings. The van der Waals surface area contributed by atoms with Crippen molar-refractivity contribution in [2.75, 3.05) is 31.1 Å². The van der Waals surface area contributed by atoms with Crippen LogP contribution in [0.5, 0.6) is 0 Å². The third-order valence-corrected chi connectivity index (χ3v) is 8.51. The van der Waals surface area contributed by atoms with Gasteiger partial charge in [0.05, 0.1) is 12.5 Å². The molecule has 0 unspecified atom stereocenters. The summed E-state index contributed by atoms with van der Waals surface area (Å²) < 4.78 is 5.68. The second-order valence-corrected chi connectivity index (χ2v) is 11.2. The zero-order valence-corrected chi connectivity index (χ0v) is 23.8. The summed E-state index contributed by atoms with van der Waals surface area (Å²) in [6.07, 6.45) is 9.59. The molecule has 1 saturated heterocycles. The van der Waals surface area contributed by atoms with Gasteiger partial charge in [-0.05, 0) is 72.7 Å². The van der Waals surface area contributed by atoms with E-state index >= 15 is 0 Å². The van der Waals surface area contributed by atoms with E-state index in [1.54, 1.807) is 0 Å². The highest BCUT2D eigenvalue weighted by atomic mass is 16.5. The highest BCUT2D eigenvalue weighted by molar-refractivity contribution is 5.95. The fourth-order valence-corrected chi connectivity index (χ4v) is 6.34. The summed E-state index contributed by atoms with van der Waals surface area (Å²) in [5, 5.41) is 10.6. The third-order valence-electron chi connectivity index (χ3n) is 8.51. The molecule has 1 aliphatic carbocycles. The van der Waals surface area contributed by atoms with Gasteiger partial charge in [0.2, 0.25) is 5.91 Å². The number of rotatable bonds is 10. The first-order valence-corrected chi connectivity index (χ1v) is 14.5. The zero-order chi connectivity index (χ0) is 28.2. The monoisotopic (exact) mass is 540 g/mol. The Balaban J connectivity index is 1.49. The van der Waals surface area contributed by atoms with Gasteiger partial charge in [0.25, 0.3) is 0 Å². The van der Waals surface area contributed by atoms with Crippen molar-refractivity contribution < 1.29 is 19.4 Å². The van der Waals surface area contributed by atoms with E-state index in [0.717, 1.165) is 53.0 Å². The number of likely N-dealkylation sites (tertiary alicyclic amines) is 1. The number of unbranched alkanes of at least 4 members (excludes halogenated alkanes) is 1. The van der Waals surface area contributed by atoms with Crippen LogP contribution in [-0.2, 0) is 20.7 Å². The first-order valence-electron chi connectivity index (χ1n) is 14.5. The lowest BCUT2D eigenvalue weighted by atomic mass is 9.79. The minimum atomic E-state index is -0.821. The van der Waals surface area contributed by atoms with Crippen molar-refractivity contribution in [1.82, 2.24) is 4.90 Å². The second kappa shape index (κ2) is 12.3. The number of hydrogen-bond donors (Lipinski definition) is 1. The standard InChI is InChI=1S/C34H40N2O4/c1-4-6-17-36(28-9-7-8-23(3)19-28)31(37)22-35-21-29(26-14-15-30-27(20-26)16-18-40-30)32(34(38)39)33(35)25-12-10-24(5-2)11-13-25/h7-16,19,29,32-33H,4-6,17-18,20-22H2,1-3H3,(H,38,39)/t29-,32+,33-/m1/s1. The summed E-state index contributed by atoms with van der Waals surface area (Å²) in [4.78, 5) is 30.9. The summed E-state index contributed by atoms with van der Waals surface area (Å²) in [7, 11) is 0. The quantitative estimate of drug-likeness (QED) is 0.387. The number of nitrogens with zero attached hydrogens (tertiary/aromatic N) is 2. The molecule has 0 aromatic heterocycles. The van der Waals surface area contributed by atoms with E-state index in [1.165, 1.54) is 5.56 Å². The predicted molar refractivity (Wildman–Crippen MR) is 158 cm³/mol. The highest BCUT2D eigenvalue weighted by Gasteiger charge is 2.49. The smallest absolute Gasteiger partial charge is 0.309 e. The van der Waals surface area contributed by atoms with Crippen LogP contribution in [0.3, 0.4) is 0 Å². The maximum atomic E-state index is 14.0. The number of carbonyl (C=O) groups excluding carboxylic acids is 1. The number of fused-ring (bicyclic) bond motifs is 1. The lowest BCUT2D eigenvalue weighted by molar-refractivity contribution is -0.143. The van der Waals surface area contributed by atoms with E-state index in [9.17, 15) is 14.7 Å². The molecule has 2 aromatic carbocycles.